The van der Waals surface area contributed by atoms with Gasteiger partial charge in [0.2, 0.25) is 5.13 Å². The lowest BCUT2D eigenvalue weighted by atomic mass is 10.1. The van der Waals surface area contributed by atoms with E-state index in [0.717, 1.165) is 38.6 Å². The summed E-state index contributed by atoms with van der Waals surface area (Å²) >= 11 is 1.28. The molecule has 1 N–H and O–H groups in total. The van der Waals surface area contributed by atoms with Crippen LogP contribution in [0.4, 0.5) is 10.9 Å². The SMILES string of the molecule is O=C(Nc1nncs1)c1ccc(N2CC3OCCN(Cc4ccccc4)C3C2)nc1. The summed E-state index contributed by atoms with van der Waals surface area (Å²) in [6.07, 6.45) is 1.78. The summed E-state index contributed by atoms with van der Waals surface area (Å²) in [4.78, 5) is 21.6. The molecule has 2 unspecified atom stereocenters. The van der Waals surface area contributed by atoms with E-state index in [1.54, 1.807) is 17.8 Å². The first-order valence-corrected chi connectivity index (χ1v) is 10.8. The summed E-state index contributed by atoms with van der Waals surface area (Å²) in [6.45, 7) is 4.28. The van der Waals surface area contributed by atoms with Gasteiger partial charge in [0.05, 0.1) is 24.3 Å². The zero-order valence-electron chi connectivity index (χ0n) is 16.3. The fourth-order valence-corrected chi connectivity index (χ4v) is 4.50. The highest BCUT2D eigenvalue weighted by atomic mass is 32.1. The molecule has 9 heteroatoms. The van der Waals surface area contributed by atoms with Crippen LogP contribution in [0.5, 0.6) is 0 Å². The molecule has 30 heavy (non-hydrogen) atoms. The Hall–Kier alpha value is -2.88. The first-order valence-electron chi connectivity index (χ1n) is 9.94. The normalized spacial score (nSPS) is 21.4. The molecule has 2 fully saturated rings. The quantitative estimate of drug-likeness (QED) is 0.675. The van der Waals surface area contributed by atoms with Crippen LogP contribution in [0.2, 0.25) is 0 Å². The van der Waals surface area contributed by atoms with Crippen LogP contribution in [0, 0.1) is 0 Å². The zero-order valence-corrected chi connectivity index (χ0v) is 17.2. The number of hydrogen-bond donors (Lipinski definition) is 1. The van der Waals surface area contributed by atoms with Gasteiger partial charge in [0.1, 0.15) is 11.3 Å². The van der Waals surface area contributed by atoms with Gasteiger partial charge >= 0.3 is 0 Å². The van der Waals surface area contributed by atoms with Gasteiger partial charge in [-0.2, -0.15) is 0 Å². The number of fused-ring (bicyclic) bond motifs is 1. The molecule has 0 spiro atoms. The molecular weight excluding hydrogens is 400 g/mol. The third kappa shape index (κ3) is 4.04. The molecule has 2 aromatic heterocycles. The maximum absolute atomic E-state index is 12.3. The van der Waals surface area contributed by atoms with Crippen LogP contribution < -0.4 is 10.2 Å². The smallest absolute Gasteiger partial charge is 0.259 e. The standard InChI is InChI=1S/C21H22N6O2S/c28-20(24-21-25-23-14-30-21)16-6-7-19(22-10-16)27-12-17-18(13-27)29-9-8-26(17)11-15-4-2-1-3-5-15/h1-7,10,14,17-18H,8-9,11-13H2,(H,24,25,28). The van der Waals surface area contributed by atoms with Gasteiger partial charge in [0.15, 0.2) is 0 Å². The summed E-state index contributed by atoms with van der Waals surface area (Å²) in [5.41, 5.74) is 3.39. The Morgan fingerprint density at radius 1 is 1.20 bits per heavy atom. The number of aromatic nitrogens is 3. The fourth-order valence-electron chi connectivity index (χ4n) is 4.06. The molecule has 0 saturated carbocycles. The largest absolute Gasteiger partial charge is 0.373 e. The lowest BCUT2D eigenvalue weighted by Gasteiger charge is -2.36. The van der Waals surface area contributed by atoms with E-state index in [-0.39, 0.29) is 12.0 Å². The second-order valence-corrected chi connectivity index (χ2v) is 8.27. The summed E-state index contributed by atoms with van der Waals surface area (Å²) in [7, 11) is 0. The predicted octanol–water partition coefficient (Wildman–Crippen LogP) is 2.28. The van der Waals surface area contributed by atoms with E-state index in [4.69, 9.17) is 4.74 Å². The van der Waals surface area contributed by atoms with Crippen molar-refractivity contribution in [2.24, 2.45) is 0 Å². The average molecular weight is 423 g/mol. The third-order valence-corrected chi connectivity index (χ3v) is 6.17. The molecule has 2 atom stereocenters. The molecule has 3 aromatic rings. The number of pyridine rings is 1. The molecule has 0 bridgehead atoms. The van der Waals surface area contributed by atoms with Crippen molar-refractivity contribution in [3.63, 3.8) is 0 Å². The number of morpholine rings is 1. The minimum absolute atomic E-state index is 0.171. The van der Waals surface area contributed by atoms with Crippen LogP contribution in [0.3, 0.4) is 0 Å². The van der Waals surface area contributed by atoms with Crippen molar-refractivity contribution >= 4 is 28.2 Å². The first kappa shape index (κ1) is 19.1. The van der Waals surface area contributed by atoms with Gasteiger partial charge < -0.3 is 9.64 Å². The lowest BCUT2D eigenvalue weighted by Crippen LogP contribution is -2.50. The fraction of sp³-hybridized carbons (Fsp3) is 0.333. The number of rotatable bonds is 5. The van der Waals surface area contributed by atoms with Gasteiger partial charge in [-0.1, -0.05) is 41.7 Å². The lowest BCUT2D eigenvalue weighted by molar-refractivity contribution is -0.0499. The minimum Gasteiger partial charge on any atom is -0.373 e. The molecule has 5 rings (SSSR count). The third-order valence-electron chi connectivity index (χ3n) is 5.56. The summed E-state index contributed by atoms with van der Waals surface area (Å²) in [5.74, 6) is 0.624. The molecule has 2 saturated heterocycles. The van der Waals surface area contributed by atoms with Crippen LogP contribution in [-0.4, -0.2) is 64.4 Å². The molecule has 2 aliphatic rings. The van der Waals surface area contributed by atoms with Crippen LogP contribution in [0.1, 0.15) is 15.9 Å². The van der Waals surface area contributed by atoms with Gasteiger partial charge in [-0.25, -0.2) is 4.98 Å². The topological polar surface area (TPSA) is 83.5 Å². The number of hydrogen-bond acceptors (Lipinski definition) is 8. The Labute approximate surface area is 178 Å². The van der Waals surface area contributed by atoms with E-state index >= 15 is 0 Å². The summed E-state index contributed by atoms with van der Waals surface area (Å²) in [6, 6.07) is 14.6. The van der Waals surface area contributed by atoms with Gasteiger partial charge in [-0.3, -0.25) is 15.0 Å². The van der Waals surface area contributed by atoms with Crippen molar-refractivity contribution in [1.82, 2.24) is 20.1 Å². The monoisotopic (exact) mass is 422 g/mol. The Balaban J connectivity index is 1.25. The highest BCUT2D eigenvalue weighted by molar-refractivity contribution is 7.13. The van der Waals surface area contributed by atoms with Gasteiger partial charge in [0.25, 0.3) is 5.91 Å². The molecule has 1 amide bonds. The first-order chi connectivity index (χ1) is 14.8. The van der Waals surface area contributed by atoms with Gasteiger partial charge in [-0.15, -0.1) is 10.2 Å². The molecule has 154 valence electrons. The molecule has 0 radical (unpaired) electrons. The number of carbonyl (C=O) groups is 1. The van der Waals surface area contributed by atoms with E-state index < -0.39 is 0 Å². The molecule has 1 aromatic carbocycles. The van der Waals surface area contributed by atoms with Crippen molar-refractivity contribution in [3.05, 3.63) is 65.3 Å². The average Bonchev–Trinajstić information content (AvgIpc) is 3.45. The van der Waals surface area contributed by atoms with E-state index in [1.165, 1.54) is 16.9 Å². The van der Waals surface area contributed by atoms with E-state index in [2.05, 4.69) is 54.6 Å². The molecule has 0 aliphatic carbocycles. The number of amides is 1. The number of benzene rings is 1. The highest BCUT2D eigenvalue weighted by Gasteiger charge is 2.40. The second-order valence-electron chi connectivity index (χ2n) is 7.44. The molecule has 4 heterocycles. The Bertz CT molecular complexity index is 983. The number of ether oxygens (including phenoxy) is 1. The number of nitrogens with one attached hydrogen (secondary N) is 1. The highest BCUT2D eigenvalue weighted by Crippen LogP contribution is 2.27. The van der Waals surface area contributed by atoms with Gasteiger partial charge in [0, 0.05) is 32.4 Å². The Kier molecular flexibility index (Phi) is 5.39. The number of anilines is 2. The Morgan fingerprint density at radius 3 is 2.87 bits per heavy atom. The van der Waals surface area contributed by atoms with Crippen molar-refractivity contribution in [1.29, 1.82) is 0 Å². The summed E-state index contributed by atoms with van der Waals surface area (Å²) < 4.78 is 6.06. The summed E-state index contributed by atoms with van der Waals surface area (Å²) in [5, 5.41) is 10.7. The van der Waals surface area contributed by atoms with Crippen molar-refractivity contribution in [2.75, 3.05) is 36.5 Å². The number of nitrogens with zero attached hydrogens (tertiary/aromatic N) is 5. The molecular formula is C21H22N6O2S. The van der Waals surface area contributed by atoms with Crippen LogP contribution in [0.25, 0.3) is 0 Å². The predicted molar refractivity (Wildman–Crippen MR) is 115 cm³/mol. The Morgan fingerprint density at radius 2 is 2.10 bits per heavy atom. The van der Waals surface area contributed by atoms with Crippen molar-refractivity contribution < 1.29 is 9.53 Å². The van der Waals surface area contributed by atoms with E-state index in [1.807, 2.05) is 12.1 Å². The van der Waals surface area contributed by atoms with E-state index in [0.29, 0.717) is 16.7 Å². The maximum atomic E-state index is 12.3. The van der Waals surface area contributed by atoms with Crippen LogP contribution >= 0.6 is 11.3 Å². The van der Waals surface area contributed by atoms with Crippen molar-refractivity contribution in [3.8, 4) is 0 Å². The molecule has 8 nitrogen and oxygen atoms in total. The van der Waals surface area contributed by atoms with Crippen LogP contribution in [0.15, 0.2) is 54.2 Å². The van der Waals surface area contributed by atoms with Gasteiger partial charge in [-0.05, 0) is 17.7 Å². The van der Waals surface area contributed by atoms with Crippen molar-refractivity contribution in [2.45, 2.75) is 18.7 Å². The second kappa shape index (κ2) is 8.47. The zero-order chi connectivity index (χ0) is 20.3. The number of carbonyl (C=O) groups excluding carboxylic acids is 1. The maximum Gasteiger partial charge on any atom is 0.259 e. The molecule has 2 aliphatic heterocycles. The van der Waals surface area contributed by atoms with Crippen LogP contribution in [-0.2, 0) is 11.3 Å². The van der Waals surface area contributed by atoms with E-state index in [9.17, 15) is 4.79 Å². The minimum atomic E-state index is -0.238.